The number of fused-ring (bicyclic) bond motifs is 1. The van der Waals surface area contributed by atoms with E-state index in [1.54, 1.807) is 62.5 Å². The number of aliphatic hydroxyl groups is 1. The SMILES string of the molecule is CCC(=O)N(C)C[C@H]1Oc2cc(C#Cc3ccncc3)ccc2S(=O)(=O)N([C@@H](C)CO)C[C@H]1C. The fraction of sp³-hybridized carbons (Fsp3) is 0.440. The smallest absolute Gasteiger partial charge is 0.247 e. The zero-order valence-corrected chi connectivity index (χ0v) is 20.7. The minimum Gasteiger partial charge on any atom is -0.487 e. The maximum absolute atomic E-state index is 13.5. The highest BCUT2D eigenvalue weighted by Gasteiger charge is 2.38. The summed E-state index contributed by atoms with van der Waals surface area (Å²) in [5.41, 5.74) is 1.38. The van der Waals surface area contributed by atoms with Gasteiger partial charge in [0.15, 0.2) is 0 Å². The highest BCUT2D eigenvalue weighted by Crippen LogP contribution is 2.34. The van der Waals surface area contributed by atoms with E-state index in [4.69, 9.17) is 4.74 Å². The molecule has 0 radical (unpaired) electrons. The Bertz CT molecular complexity index is 1170. The van der Waals surface area contributed by atoms with Crippen LogP contribution in [-0.2, 0) is 14.8 Å². The standard InChI is InChI=1S/C25H31N3O5S/c1-5-25(30)27(4)16-23-18(2)15-28(19(3)17-29)34(31,32)24-9-8-21(14-22(24)33-23)7-6-20-10-12-26-13-11-20/h8-14,18-19,23,29H,5,15-17H2,1-4H3/t18-,19+,23-/m1/s1. The summed E-state index contributed by atoms with van der Waals surface area (Å²) in [6.07, 6.45) is 3.21. The van der Waals surface area contributed by atoms with E-state index in [9.17, 15) is 18.3 Å². The molecule has 8 nitrogen and oxygen atoms in total. The van der Waals surface area contributed by atoms with Gasteiger partial charge in [-0.1, -0.05) is 25.7 Å². The van der Waals surface area contributed by atoms with E-state index in [1.165, 1.54) is 10.4 Å². The lowest BCUT2D eigenvalue weighted by Crippen LogP contribution is -2.50. The van der Waals surface area contributed by atoms with Crippen LogP contribution in [0.4, 0.5) is 0 Å². The summed E-state index contributed by atoms with van der Waals surface area (Å²) in [6.45, 7) is 5.51. The molecule has 1 aliphatic heterocycles. The van der Waals surface area contributed by atoms with Crippen molar-refractivity contribution in [3.05, 3.63) is 53.9 Å². The lowest BCUT2D eigenvalue weighted by Gasteiger charge is -2.37. The number of benzene rings is 1. The molecule has 0 bridgehead atoms. The number of sulfonamides is 1. The number of nitrogens with zero attached hydrogens (tertiary/aromatic N) is 3. The molecule has 182 valence electrons. The van der Waals surface area contributed by atoms with E-state index in [1.807, 2.05) is 6.92 Å². The summed E-state index contributed by atoms with van der Waals surface area (Å²) in [5.74, 6) is 6.00. The minimum absolute atomic E-state index is 0.0173. The summed E-state index contributed by atoms with van der Waals surface area (Å²) in [4.78, 5) is 17.8. The number of carbonyl (C=O) groups is 1. The van der Waals surface area contributed by atoms with E-state index in [0.29, 0.717) is 18.5 Å². The third-order valence-corrected chi connectivity index (χ3v) is 7.90. The first-order valence-corrected chi connectivity index (χ1v) is 12.7. The molecule has 34 heavy (non-hydrogen) atoms. The van der Waals surface area contributed by atoms with Crippen molar-refractivity contribution in [2.45, 2.75) is 44.2 Å². The molecule has 3 atom stereocenters. The first kappa shape index (κ1) is 25.7. The highest BCUT2D eigenvalue weighted by molar-refractivity contribution is 7.89. The fourth-order valence-electron chi connectivity index (χ4n) is 3.74. The summed E-state index contributed by atoms with van der Waals surface area (Å²) in [7, 11) is -2.22. The Morgan fingerprint density at radius 2 is 1.94 bits per heavy atom. The van der Waals surface area contributed by atoms with E-state index in [-0.39, 0.29) is 35.6 Å². The van der Waals surface area contributed by atoms with E-state index < -0.39 is 22.2 Å². The summed E-state index contributed by atoms with van der Waals surface area (Å²) >= 11 is 0. The molecule has 3 rings (SSSR count). The van der Waals surface area contributed by atoms with Crippen LogP contribution in [0, 0.1) is 17.8 Å². The van der Waals surface area contributed by atoms with Gasteiger partial charge in [-0.05, 0) is 37.3 Å². The molecule has 0 spiro atoms. The number of aromatic nitrogens is 1. The lowest BCUT2D eigenvalue weighted by molar-refractivity contribution is -0.131. The number of pyridine rings is 1. The van der Waals surface area contributed by atoms with Crippen LogP contribution in [-0.4, -0.2) is 72.5 Å². The molecule has 0 saturated heterocycles. The van der Waals surface area contributed by atoms with Crippen LogP contribution in [0.2, 0.25) is 0 Å². The Balaban J connectivity index is 2.06. The van der Waals surface area contributed by atoms with Crippen molar-refractivity contribution in [2.75, 3.05) is 26.7 Å². The topological polar surface area (TPSA) is 100 Å². The fourth-order valence-corrected chi connectivity index (χ4v) is 5.57. The number of hydrogen-bond acceptors (Lipinski definition) is 6. The molecule has 1 N–H and O–H groups in total. The van der Waals surface area contributed by atoms with Crippen molar-refractivity contribution in [2.24, 2.45) is 5.92 Å². The van der Waals surface area contributed by atoms with Crippen LogP contribution < -0.4 is 4.74 Å². The number of likely N-dealkylation sites (N-methyl/N-ethyl adjacent to an activating group) is 1. The number of hydrogen-bond donors (Lipinski definition) is 1. The third-order valence-electron chi connectivity index (χ3n) is 5.88. The van der Waals surface area contributed by atoms with Crippen molar-refractivity contribution in [3.8, 4) is 17.6 Å². The first-order chi connectivity index (χ1) is 16.2. The molecular weight excluding hydrogens is 454 g/mol. The predicted molar refractivity (Wildman–Crippen MR) is 129 cm³/mol. The van der Waals surface area contributed by atoms with Gasteiger partial charge in [0, 0.05) is 55.5 Å². The van der Waals surface area contributed by atoms with Crippen molar-refractivity contribution in [1.29, 1.82) is 0 Å². The Labute approximate surface area is 201 Å². The van der Waals surface area contributed by atoms with Crippen molar-refractivity contribution in [3.63, 3.8) is 0 Å². The Hall–Kier alpha value is -2.93. The Kier molecular flexibility index (Phi) is 8.31. The maximum Gasteiger partial charge on any atom is 0.247 e. The van der Waals surface area contributed by atoms with Crippen LogP contribution in [0.25, 0.3) is 0 Å². The van der Waals surface area contributed by atoms with Gasteiger partial charge >= 0.3 is 0 Å². The van der Waals surface area contributed by atoms with Crippen LogP contribution in [0.15, 0.2) is 47.6 Å². The number of ether oxygens (including phenoxy) is 1. The molecule has 0 unspecified atom stereocenters. The average molecular weight is 486 g/mol. The van der Waals surface area contributed by atoms with E-state index in [2.05, 4.69) is 16.8 Å². The van der Waals surface area contributed by atoms with Crippen LogP contribution in [0.1, 0.15) is 38.3 Å². The van der Waals surface area contributed by atoms with Gasteiger partial charge in [-0.15, -0.1) is 0 Å². The molecule has 2 heterocycles. The lowest BCUT2D eigenvalue weighted by atomic mass is 10.0. The van der Waals surface area contributed by atoms with Gasteiger partial charge in [0.2, 0.25) is 15.9 Å². The molecule has 1 aliphatic rings. The number of aliphatic hydroxyl groups excluding tert-OH is 1. The number of amides is 1. The van der Waals surface area contributed by atoms with Crippen molar-refractivity contribution < 1.29 is 23.1 Å². The molecule has 1 aromatic carbocycles. The van der Waals surface area contributed by atoms with Gasteiger partial charge in [-0.3, -0.25) is 9.78 Å². The molecular formula is C25H31N3O5S. The summed E-state index contributed by atoms with van der Waals surface area (Å²) in [5, 5.41) is 9.74. The Morgan fingerprint density at radius 3 is 2.59 bits per heavy atom. The second kappa shape index (κ2) is 11.0. The molecule has 1 amide bonds. The van der Waals surface area contributed by atoms with Crippen molar-refractivity contribution >= 4 is 15.9 Å². The average Bonchev–Trinajstić information content (AvgIpc) is 2.84. The van der Waals surface area contributed by atoms with Gasteiger partial charge in [0.1, 0.15) is 16.7 Å². The first-order valence-electron chi connectivity index (χ1n) is 11.3. The van der Waals surface area contributed by atoms with Crippen LogP contribution >= 0.6 is 0 Å². The monoisotopic (exact) mass is 485 g/mol. The molecule has 0 saturated carbocycles. The Morgan fingerprint density at radius 1 is 1.26 bits per heavy atom. The van der Waals surface area contributed by atoms with Crippen molar-refractivity contribution in [1.82, 2.24) is 14.2 Å². The highest BCUT2D eigenvalue weighted by atomic mass is 32.2. The summed E-state index contributed by atoms with van der Waals surface area (Å²) < 4.78 is 34.6. The van der Waals surface area contributed by atoms with Gasteiger partial charge in [0.05, 0.1) is 13.2 Å². The van der Waals surface area contributed by atoms with E-state index in [0.717, 1.165) is 5.56 Å². The van der Waals surface area contributed by atoms with Gasteiger partial charge in [0.25, 0.3) is 0 Å². The number of rotatable bonds is 5. The van der Waals surface area contributed by atoms with Gasteiger partial charge in [-0.25, -0.2) is 8.42 Å². The minimum atomic E-state index is -3.93. The molecule has 0 aliphatic carbocycles. The van der Waals surface area contributed by atoms with Crippen LogP contribution in [0.5, 0.6) is 5.75 Å². The quantitative estimate of drug-likeness (QED) is 0.652. The molecule has 0 fully saturated rings. The third kappa shape index (κ3) is 5.76. The molecule has 1 aromatic heterocycles. The maximum atomic E-state index is 13.5. The molecule has 2 aromatic rings. The van der Waals surface area contributed by atoms with Gasteiger partial charge in [-0.2, -0.15) is 4.31 Å². The zero-order chi connectivity index (χ0) is 24.9. The number of carbonyl (C=O) groups excluding carboxylic acids is 1. The van der Waals surface area contributed by atoms with Gasteiger partial charge < -0.3 is 14.7 Å². The summed E-state index contributed by atoms with van der Waals surface area (Å²) in [6, 6.07) is 7.71. The largest absolute Gasteiger partial charge is 0.487 e. The zero-order valence-electron chi connectivity index (χ0n) is 19.9. The predicted octanol–water partition coefficient (Wildman–Crippen LogP) is 2.12. The van der Waals surface area contributed by atoms with E-state index >= 15 is 0 Å². The molecule has 9 heteroatoms. The second-order valence-electron chi connectivity index (χ2n) is 8.52. The normalized spacial score (nSPS) is 20.5. The second-order valence-corrected chi connectivity index (χ2v) is 10.4. The van der Waals surface area contributed by atoms with Crippen LogP contribution in [0.3, 0.4) is 0 Å².